The average molecular weight is 519 g/mol. The van der Waals surface area contributed by atoms with Gasteiger partial charge in [0.2, 0.25) is 17.7 Å². The molecule has 38 heavy (non-hydrogen) atoms. The number of hydrogen-bond donors (Lipinski definition) is 2. The van der Waals surface area contributed by atoms with Crippen LogP contribution < -0.4 is 10.6 Å². The predicted molar refractivity (Wildman–Crippen MR) is 137 cm³/mol. The molecule has 0 radical (unpaired) electrons. The Labute approximate surface area is 219 Å². The third-order valence-electron chi connectivity index (χ3n) is 7.46. The van der Waals surface area contributed by atoms with Crippen molar-refractivity contribution in [3.8, 4) is 0 Å². The minimum Gasteiger partial charge on any atom is -0.380 e. The highest BCUT2D eigenvalue weighted by atomic mass is 16.2. The van der Waals surface area contributed by atoms with E-state index in [9.17, 15) is 24.0 Å². The van der Waals surface area contributed by atoms with Crippen LogP contribution in [0.4, 0.5) is 5.69 Å². The lowest BCUT2D eigenvalue weighted by molar-refractivity contribution is -0.136. The molecule has 5 rings (SSSR count). The summed E-state index contributed by atoms with van der Waals surface area (Å²) < 4.78 is 1.92. The highest BCUT2D eigenvalue weighted by Crippen LogP contribution is 2.32. The number of benzene rings is 1. The van der Waals surface area contributed by atoms with E-state index in [1.165, 1.54) is 0 Å². The molecule has 0 bridgehead atoms. The largest absolute Gasteiger partial charge is 0.380 e. The smallest absolute Gasteiger partial charge is 0.264 e. The number of likely N-dealkylation sites (tertiary alicyclic amines) is 1. The van der Waals surface area contributed by atoms with Crippen molar-refractivity contribution in [3.63, 3.8) is 0 Å². The summed E-state index contributed by atoms with van der Waals surface area (Å²) >= 11 is 0. The summed E-state index contributed by atoms with van der Waals surface area (Å²) in [6.07, 6.45) is 6.14. The third-order valence-corrected chi connectivity index (χ3v) is 7.46. The van der Waals surface area contributed by atoms with Crippen LogP contribution in [0.5, 0.6) is 0 Å². The summed E-state index contributed by atoms with van der Waals surface area (Å²) in [7, 11) is 0. The van der Waals surface area contributed by atoms with Crippen molar-refractivity contribution < 1.29 is 24.0 Å². The molecular formula is C27H30N6O5. The second kappa shape index (κ2) is 10.2. The molecule has 11 heteroatoms. The minimum atomic E-state index is -1.01. The molecule has 3 aliphatic rings. The number of nitrogens with zero attached hydrogens (tertiary/aromatic N) is 4. The highest BCUT2D eigenvalue weighted by molar-refractivity contribution is 6.25. The molecule has 2 aromatic rings. The number of imide groups is 2. The number of fused-ring (bicyclic) bond motifs is 1. The van der Waals surface area contributed by atoms with E-state index in [2.05, 4.69) is 22.3 Å². The maximum Gasteiger partial charge on any atom is 0.264 e. The van der Waals surface area contributed by atoms with Gasteiger partial charge in [0, 0.05) is 49.1 Å². The number of rotatable bonds is 7. The van der Waals surface area contributed by atoms with Crippen molar-refractivity contribution in [1.82, 2.24) is 24.9 Å². The molecule has 1 unspecified atom stereocenters. The van der Waals surface area contributed by atoms with Crippen molar-refractivity contribution in [2.24, 2.45) is 0 Å². The van der Waals surface area contributed by atoms with Crippen molar-refractivity contribution in [3.05, 3.63) is 59.4 Å². The van der Waals surface area contributed by atoms with Gasteiger partial charge in [0.15, 0.2) is 0 Å². The molecule has 1 aromatic carbocycles. The number of anilines is 1. The third kappa shape index (κ3) is 4.59. The van der Waals surface area contributed by atoms with Gasteiger partial charge in [-0.05, 0) is 37.8 Å². The van der Waals surface area contributed by atoms with Gasteiger partial charge in [0.1, 0.15) is 6.04 Å². The first-order valence-corrected chi connectivity index (χ1v) is 12.9. The predicted octanol–water partition coefficient (Wildman–Crippen LogP) is 2.03. The molecule has 2 N–H and O–H groups in total. The van der Waals surface area contributed by atoms with E-state index in [-0.39, 0.29) is 35.9 Å². The number of amides is 5. The van der Waals surface area contributed by atoms with Crippen LogP contribution in [-0.4, -0.2) is 68.2 Å². The Hall–Kier alpha value is -4.28. The van der Waals surface area contributed by atoms with Gasteiger partial charge in [-0.2, -0.15) is 5.10 Å². The van der Waals surface area contributed by atoms with E-state index in [1.807, 2.05) is 22.7 Å². The molecule has 0 saturated carbocycles. The van der Waals surface area contributed by atoms with Gasteiger partial charge in [-0.3, -0.25) is 38.9 Å². The first-order chi connectivity index (χ1) is 18.3. The quantitative estimate of drug-likeness (QED) is 0.423. The van der Waals surface area contributed by atoms with Crippen LogP contribution in [0.3, 0.4) is 0 Å². The van der Waals surface area contributed by atoms with Crippen molar-refractivity contribution >= 4 is 35.2 Å². The maximum absolute atomic E-state index is 13.3. The molecule has 2 fully saturated rings. The summed E-state index contributed by atoms with van der Waals surface area (Å²) in [5.41, 5.74) is 2.47. The summed E-state index contributed by atoms with van der Waals surface area (Å²) in [4.78, 5) is 65.3. The lowest BCUT2D eigenvalue weighted by Gasteiger charge is -2.32. The summed E-state index contributed by atoms with van der Waals surface area (Å²) in [6, 6.07) is 4.15. The number of nitrogens with one attached hydrogen (secondary N) is 2. The summed E-state index contributed by atoms with van der Waals surface area (Å²) in [5.74, 6) is -2.11. The molecule has 2 saturated heterocycles. The monoisotopic (exact) mass is 518 g/mol. The molecule has 0 spiro atoms. The summed E-state index contributed by atoms with van der Waals surface area (Å²) in [6.45, 7) is 7.48. The van der Waals surface area contributed by atoms with Gasteiger partial charge in [-0.1, -0.05) is 19.6 Å². The van der Waals surface area contributed by atoms with Gasteiger partial charge in [0.25, 0.3) is 11.8 Å². The van der Waals surface area contributed by atoms with Gasteiger partial charge in [-0.25, -0.2) is 0 Å². The first kappa shape index (κ1) is 25.4. The minimum absolute atomic E-state index is 0.0240. The van der Waals surface area contributed by atoms with Crippen molar-refractivity contribution in [2.75, 3.05) is 18.4 Å². The molecule has 1 aromatic heterocycles. The molecule has 198 valence electrons. The van der Waals surface area contributed by atoms with E-state index >= 15 is 0 Å². The Morgan fingerprint density at radius 2 is 1.89 bits per heavy atom. The number of hydrogen-bond acceptors (Lipinski definition) is 7. The first-order valence-electron chi connectivity index (χ1n) is 12.9. The van der Waals surface area contributed by atoms with E-state index < -0.39 is 29.7 Å². The van der Waals surface area contributed by atoms with Gasteiger partial charge in [-0.15, -0.1) is 0 Å². The van der Waals surface area contributed by atoms with Crippen LogP contribution in [0, 0.1) is 0 Å². The SMILES string of the molecule is C=C(CC)C(=O)N1CCC(n2cc(CNc3cccc4c3C(=O)N(C3CCC(=O)NC3=O)C4=O)cn2)CC1. The Kier molecular flexibility index (Phi) is 6.83. The fourth-order valence-electron chi connectivity index (χ4n) is 5.24. The molecule has 5 amide bonds. The van der Waals surface area contributed by atoms with Crippen molar-refractivity contribution in [1.29, 1.82) is 0 Å². The average Bonchev–Trinajstić information content (AvgIpc) is 3.50. The fraction of sp³-hybridized carbons (Fsp3) is 0.407. The lowest BCUT2D eigenvalue weighted by Crippen LogP contribution is -2.54. The van der Waals surface area contributed by atoms with Crippen LogP contribution in [0.2, 0.25) is 0 Å². The van der Waals surface area contributed by atoms with Gasteiger partial charge < -0.3 is 10.2 Å². The maximum atomic E-state index is 13.3. The number of aromatic nitrogens is 2. The van der Waals surface area contributed by atoms with Crippen LogP contribution in [0.1, 0.15) is 71.3 Å². The second-order valence-electron chi connectivity index (χ2n) is 9.84. The van der Waals surface area contributed by atoms with Crippen molar-refractivity contribution in [2.45, 2.75) is 57.7 Å². The highest BCUT2D eigenvalue weighted by Gasteiger charge is 2.45. The molecule has 3 aliphatic heterocycles. The number of carbonyl (C=O) groups is 5. The van der Waals surface area contributed by atoms with Crippen LogP contribution in [0.25, 0.3) is 0 Å². The van der Waals surface area contributed by atoms with E-state index in [1.54, 1.807) is 24.4 Å². The Morgan fingerprint density at radius 3 is 2.61 bits per heavy atom. The standard InChI is InChI=1S/C27H30N6O5/c1-3-16(2)25(36)31-11-9-18(10-12-31)32-15-17(14-29-32)13-28-20-6-4-5-19-23(20)27(38)33(26(19)37)21-7-8-22(34)30-24(21)35/h4-6,14-15,18,21,28H,2-3,7-13H2,1H3,(H,30,34,35). The molecule has 4 heterocycles. The Morgan fingerprint density at radius 1 is 1.13 bits per heavy atom. The second-order valence-corrected chi connectivity index (χ2v) is 9.84. The zero-order valence-electron chi connectivity index (χ0n) is 21.2. The van der Waals surface area contributed by atoms with E-state index in [0.717, 1.165) is 23.3 Å². The number of carbonyl (C=O) groups excluding carboxylic acids is 5. The normalized spacial score (nSPS) is 20.0. The topological polar surface area (TPSA) is 134 Å². The lowest BCUT2D eigenvalue weighted by atomic mass is 10.0. The Balaban J connectivity index is 1.23. The van der Waals surface area contributed by atoms with Crippen LogP contribution in [0.15, 0.2) is 42.7 Å². The van der Waals surface area contributed by atoms with Gasteiger partial charge in [0.05, 0.1) is 23.4 Å². The van der Waals surface area contributed by atoms with Crippen LogP contribution >= 0.6 is 0 Å². The molecule has 1 atom stereocenters. The van der Waals surface area contributed by atoms with E-state index in [4.69, 9.17) is 0 Å². The molecule has 0 aliphatic carbocycles. The van der Waals surface area contributed by atoms with E-state index in [0.29, 0.717) is 37.3 Å². The summed E-state index contributed by atoms with van der Waals surface area (Å²) in [5, 5.41) is 9.96. The fourth-order valence-corrected chi connectivity index (χ4v) is 5.24. The van der Waals surface area contributed by atoms with Gasteiger partial charge >= 0.3 is 0 Å². The zero-order chi connectivity index (χ0) is 27.0. The molecule has 11 nitrogen and oxygen atoms in total. The molecular weight excluding hydrogens is 488 g/mol. The van der Waals surface area contributed by atoms with Crippen LogP contribution in [-0.2, 0) is 20.9 Å². The zero-order valence-corrected chi connectivity index (χ0v) is 21.2. The Bertz CT molecular complexity index is 1340. The number of piperidine rings is 2.